The Hall–Kier alpha value is -1.70. The van der Waals surface area contributed by atoms with Crippen LogP contribution in [0.15, 0.2) is 30.4 Å². The lowest BCUT2D eigenvalue weighted by Crippen LogP contribution is -2.38. The fraction of sp³-hybridized carbons (Fsp3) is 0.591. The Bertz CT molecular complexity index is 651. The molecule has 0 aromatic heterocycles. The van der Waals surface area contributed by atoms with Crippen LogP contribution in [0.3, 0.4) is 0 Å². The first kappa shape index (κ1) is 19.1. The van der Waals surface area contributed by atoms with E-state index in [4.69, 9.17) is 14.7 Å². The van der Waals surface area contributed by atoms with E-state index in [-0.39, 0.29) is 11.9 Å². The Kier molecular flexibility index (Phi) is 6.82. The molecule has 1 aromatic carbocycles. The van der Waals surface area contributed by atoms with Crippen molar-refractivity contribution in [3.8, 4) is 6.07 Å². The van der Waals surface area contributed by atoms with Crippen LogP contribution in [0, 0.1) is 29.0 Å². The lowest BCUT2D eigenvalue weighted by molar-refractivity contribution is -0.229. The molecular weight excluding hydrogens is 329 g/mol. The summed E-state index contributed by atoms with van der Waals surface area (Å²) in [6.07, 6.45) is 10.5. The highest BCUT2D eigenvalue weighted by atomic mass is 19.1. The van der Waals surface area contributed by atoms with E-state index in [9.17, 15) is 4.39 Å². The highest BCUT2D eigenvalue weighted by Gasteiger charge is 2.32. The van der Waals surface area contributed by atoms with E-state index in [0.717, 1.165) is 57.3 Å². The molecule has 1 heterocycles. The van der Waals surface area contributed by atoms with Crippen LogP contribution in [0.4, 0.5) is 4.39 Å². The topological polar surface area (TPSA) is 42.2 Å². The van der Waals surface area contributed by atoms with E-state index >= 15 is 0 Å². The molecule has 3 rings (SSSR count). The number of benzene rings is 1. The van der Waals surface area contributed by atoms with E-state index in [1.165, 1.54) is 6.07 Å². The zero-order valence-corrected chi connectivity index (χ0v) is 15.5. The van der Waals surface area contributed by atoms with Crippen LogP contribution in [0.2, 0.25) is 0 Å². The second-order valence-corrected chi connectivity index (χ2v) is 7.51. The minimum absolute atomic E-state index is 0.0772. The zero-order valence-electron chi connectivity index (χ0n) is 15.5. The van der Waals surface area contributed by atoms with Gasteiger partial charge in [-0.25, -0.2) is 4.39 Å². The van der Waals surface area contributed by atoms with Crippen LogP contribution < -0.4 is 0 Å². The Balaban J connectivity index is 1.46. The van der Waals surface area contributed by atoms with Crippen molar-refractivity contribution >= 4 is 0 Å². The molecule has 3 nitrogen and oxygen atoms in total. The summed E-state index contributed by atoms with van der Waals surface area (Å²) in [5.41, 5.74) is 1.13. The Morgan fingerprint density at radius 1 is 1.19 bits per heavy atom. The molecule has 0 spiro atoms. The summed E-state index contributed by atoms with van der Waals surface area (Å²) >= 11 is 0. The molecule has 1 saturated carbocycles. The number of rotatable bonds is 5. The zero-order chi connectivity index (χ0) is 18.4. The number of hydrogen-bond acceptors (Lipinski definition) is 3. The lowest BCUT2D eigenvalue weighted by Gasteiger charge is -2.37. The molecule has 4 heteroatoms. The summed E-state index contributed by atoms with van der Waals surface area (Å²) in [4.78, 5) is 0. The van der Waals surface area contributed by atoms with Gasteiger partial charge in [0.1, 0.15) is 11.9 Å². The Labute approximate surface area is 155 Å². The van der Waals surface area contributed by atoms with Gasteiger partial charge in [0.2, 0.25) is 0 Å². The first-order chi connectivity index (χ1) is 12.7. The highest BCUT2D eigenvalue weighted by Crippen LogP contribution is 2.39. The van der Waals surface area contributed by atoms with Crippen molar-refractivity contribution in [2.24, 2.45) is 11.8 Å². The first-order valence-electron chi connectivity index (χ1n) is 9.75. The third kappa shape index (κ3) is 4.72. The number of nitrogens with zero attached hydrogens (tertiary/aromatic N) is 1. The van der Waals surface area contributed by atoms with Crippen molar-refractivity contribution in [2.75, 3.05) is 13.2 Å². The van der Waals surface area contributed by atoms with Gasteiger partial charge < -0.3 is 9.47 Å². The van der Waals surface area contributed by atoms with Crippen molar-refractivity contribution in [3.05, 3.63) is 47.3 Å². The molecule has 26 heavy (non-hydrogen) atoms. The number of hydrogen-bond donors (Lipinski definition) is 0. The number of nitriles is 1. The van der Waals surface area contributed by atoms with Crippen LogP contribution in [-0.2, 0) is 9.47 Å². The maximum Gasteiger partial charge on any atom is 0.160 e. The average molecular weight is 357 g/mol. The second-order valence-electron chi connectivity index (χ2n) is 7.51. The summed E-state index contributed by atoms with van der Waals surface area (Å²) < 4.78 is 25.9. The molecule has 2 aliphatic rings. The molecule has 0 unspecified atom stereocenters. The molecule has 140 valence electrons. The molecule has 0 radical (unpaired) electrons. The average Bonchev–Trinajstić information content (AvgIpc) is 2.69. The molecule has 1 aliphatic carbocycles. The lowest BCUT2D eigenvalue weighted by atomic mass is 9.78. The largest absolute Gasteiger partial charge is 0.352 e. The molecule has 0 N–H and O–H groups in total. The van der Waals surface area contributed by atoms with Crippen LogP contribution in [0.5, 0.6) is 0 Å². The Morgan fingerprint density at radius 3 is 2.54 bits per heavy atom. The fourth-order valence-electron chi connectivity index (χ4n) is 4.10. The van der Waals surface area contributed by atoms with Crippen LogP contribution in [0.1, 0.15) is 62.5 Å². The van der Waals surface area contributed by atoms with Crippen molar-refractivity contribution in [3.63, 3.8) is 0 Å². The van der Waals surface area contributed by atoms with Crippen molar-refractivity contribution in [1.29, 1.82) is 5.26 Å². The Morgan fingerprint density at radius 2 is 1.92 bits per heavy atom. The molecule has 0 atom stereocenters. The quantitative estimate of drug-likeness (QED) is 0.670. The normalized spacial score (nSPS) is 29.6. The van der Waals surface area contributed by atoms with Gasteiger partial charge in [-0.3, -0.25) is 0 Å². The van der Waals surface area contributed by atoms with E-state index < -0.39 is 5.82 Å². The van der Waals surface area contributed by atoms with E-state index in [1.807, 2.05) is 19.1 Å². The summed E-state index contributed by atoms with van der Waals surface area (Å²) in [7, 11) is 0. The van der Waals surface area contributed by atoms with Gasteiger partial charge in [0.05, 0.1) is 18.8 Å². The predicted molar refractivity (Wildman–Crippen MR) is 99.0 cm³/mol. The number of halogens is 1. The van der Waals surface area contributed by atoms with Crippen molar-refractivity contribution < 1.29 is 13.9 Å². The molecule has 2 fully saturated rings. The molecule has 1 aliphatic heterocycles. The van der Waals surface area contributed by atoms with Gasteiger partial charge in [0, 0.05) is 11.8 Å². The molecule has 0 amide bonds. The molecule has 1 aromatic rings. The molecule has 1 saturated heterocycles. The van der Waals surface area contributed by atoms with Crippen LogP contribution >= 0.6 is 0 Å². The van der Waals surface area contributed by atoms with E-state index in [0.29, 0.717) is 17.8 Å². The van der Waals surface area contributed by atoms with Gasteiger partial charge in [-0.05, 0) is 69.1 Å². The van der Waals surface area contributed by atoms with Gasteiger partial charge >= 0.3 is 0 Å². The van der Waals surface area contributed by atoms with Crippen molar-refractivity contribution in [1.82, 2.24) is 0 Å². The van der Waals surface area contributed by atoms with Gasteiger partial charge in [0.15, 0.2) is 6.29 Å². The summed E-state index contributed by atoms with van der Waals surface area (Å²) in [6.45, 7) is 3.64. The van der Waals surface area contributed by atoms with Gasteiger partial charge in [-0.2, -0.15) is 5.26 Å². The smallest absolute Gasteiger partial charge is 0.160 e. The second kappa shape index (κ2) is 9.30. The molecular formula is C22H28FNO2. The monoisotopic (exact) mass is 357 g/mol. The summed E-state index contributed by atoms with van der Waals surface area (Å²) in [5, 5.41) is 8.86. The number of allylic oxidation sites excluding steroid dienone is 2. The maximum absolute atomic E-state index is 13.9. The van der Waals surface area contributed by atoms with Gasteiger partial charge in [-0.15, -0.1) is 0 Å². The van der Waals surface area contributed by atoms with E-state index in [1.54, 1.807) is 6.07 Å². The summed E-state index contributed by atoms with van der Waals surface area (Å²) in [6, 6.07) is 6.91. The SMILES string of the molecule is C/C=C/CCC1COC(C2CCC(c3ccc(C#N)c(F)c3)CC2)OC1. The van der Waals surface area contributed by atoms with Gasteiger partial charge in [0.25, 0.3) is 0 Å². The predicted octanol–water partition coefficient (Wildman–Crippen LogP) is 5.32. The van der Waals surface area contributed by atoms with E-state index in [2.05, 4.69) is 12.2 Å². The third-order valence-electron chi connectivity index (χ3n) is 5.71. The van der Waals surface area contributed by atoms with Crippen molar-refractivity contribution in [2.45, 2.75) is 57.7 Å². The fourth-order valence-corrected chi connectivity index (χ4v) is 4.10. The third-order valence-corrected chi connectivity index (χ3v) is 5.71. The highest BCUT2D eigenvalue weighted by molar-refractivity contribution is 5.34. The minimum atomic E-state index is -0.407. The minimum Gasteiger partial charge on any atom is -0.352 e. The first-order valence-corrected chi connectivity index (χ1v) is 9.75. The summed E-state index contributed by atoms with van der Waals surface area (Å²) in [5.74, 6) is 0.895. The maximum atomic E-state index is 13.9. The van der Waals surface area contributed by atoms with Crippen LogP contribution in [0.25, 0.3) is 0 Å². The number of ether oxygens (including phenoxy) is 2. The van der Waals surface area contributed by atoms with Gasteiger partial charge in [-0.1, -0.05) is 18.2 Å². The standard InChI is InChI=1S/C22H28FNO2/c1-2-3-4-5-16-14-25-22(26-15-16)18-8-6-17(7-9-18)19-10-11-20(13-24)21(23)12-19/h2-3,10-12,16-18,22H,4-9,14-15H2,1H3/b3-2+. The molecule has 0 bridgehead atoms. The van der Waals surface area contributed by atoms with Crippen LogP contribution in [-0.4, -0.2) is 19.5 Å².